The SMILES string of the molecule is CC(C)(C)C(CC(=O)O)NC(=O)NC1CCCC1(C)C. The van der Waals surface area contributed by atoms with Crippen LogP contribution in [0.25, 0.3) is 0 Å². The van der Waals surface area contributed by atoms with E-state index in [-0.39, 0.29) is 35.4 Å². The fourth-order valence-corrected chi connectivity index (χ4v) is 2.70. The molecule has 2 unspecified atom stereocenters. The number of amides is 2. The summed E-state index contributed by atoms with van der Waals surface area (Å²) in [6.07, 6.45) is 3.15. The van der Waals surface area contributed by atoms with Gasteiger partial charge in [-0.3, -0.25) is 4.79 Å². The Kier molecular flexibility index (Phi) is 5.05. The fourth-order valence-electron chi connectivity index (χ4n) is 2.70. The van der Waals surface area contributed by atoms with Crippen LogP contribution in [0.4, 0.5) is 4.79 Å². The Bertz CT molecular complexity index is 372. The number of nitrogens with one attached hydrogen (secondary N) is 2. The van der Waals surface area contributed by atoms with Gasteiger partial charge in [0.15, 0.2) is 0 Å². The van der Waals surface area contributed by atoms with Gasteiger partial charge in [0.05, 0.1) is 6.42 Å². The average molecular weight is 284 g/mol. The van der Waals surface area contributed by atoms with Crippen LogP contribution in [-0.4, -0.2) is 29.2 Å². The van der Waals surface area contributed by atoms with E-state index in [9.17, 15) is 9.59 Å². The summed E-state index contributed by atoms with van der Waals surface area (Å²) in [5, 5.41) is 14.8. The van der Waals surface area contributed by atoms with E-state index >= 15 is 0 Å². The van der Waals surface area contributed by atoms with Crippen LogP contribution in [0.15, 0.2) is 0 Å². The summed E-state index contributed by atoms with van der Waals surface area (Å²) >= 11 is 0. The first-order valence-electron chi connectivity index (χ1n) is 7.31. The molecule has 0 aliphatic heterocycles. The average Bonchev–Trinajstić information content (AvgIpc) is 2.55. The van der Waals surface area contributed by atoms with E-state index in [1.54, 1.807) is 0 Å². The highest BCUT2D eigenvalue weighted by Gasteiger charge is 2.36. The van der Waals surface area contributed by atoms with Crippen molar-refractivity contribution in [3.8, 4) is 0 Å². The van der Waals surface area contributed by atoms with Gasteiger partial charge in [0.1, 0.15) is 0 Å². The van der Waals surface area contributed by atoms with Crippen molar-refractivity contribution in [2.24, 2.45) is 10.8 Å². The van der Waals surface area contributed by atoms with Gasteiger partial charge in [-0.2, -0.15) is 0 Å². The number of hydrogen-bond acceptors (Lipinski definition) is 2. The van der Waals surface area contributed by atoms with E-state index in [4.69, 9.17) is 5.11 Å². The second-order valence-electron chi connectivity index (χ2n) is 7.57. The summed E-state index contributed by atoms with van der Waals surface area (Å²) < 4.78 is 0. The minimum absolute atomic E-state index is 0.0645. The molecule has 0 aromatic rings. The second-order valence-corrected chi connectivity index (χ2v) is 7.57. The molecule has 116 valence electrons. The lowest BCUT2D eigenvalue weighted by atomic mass is 9.84. The molecule has 20 heavy (non-hydrogen) atoms. The molecule has 1 saturated carbocycles. The maximum atomic E-state index is 12.1. The highest BCUT2D eigenvalue weighted by Crippen LogP contribution is 2.37. The predicted octanol–water partition coefficient (Wildman–Crippen LogP) is 2.75. The summed E-state index contributed by atoms with van der Waals surface area (Å²) in [5.74, 6) is -0.897. The molecule has 0 heterocycles. The highest BCUT2D eigenvalue weighted by atomic mass is 16.4. The number of carboxylic acids is 1. The van der Waals surface area contributed by atoms with Crippen molar-refractivity contribution < 1.29 is 14.7 Å². The van der Waals surface area contributed by atoms with Gasteiger partial charge in [-0.1, -0.05) is 41.0 Å². The van der Waals surface area contributed by atoms with Crippen LogP contribution in [0, 0.1) is 10.8 Å². The monoisotopic (exact) mass is 284 g/mol. The molecule has 2 amide bonds. The van der Waals surface area contributed by atoms with Crippen LogP contribution in [0.2, 0.25) is 0 Å². The number of carbonyl (C=O) groups is 2. The van der Waals surface area contributed by atoms with Gasteiger partial charge in [0, 0.05) is 12.1 Å². The summed E-state index contributed by atoms with van der Waals surface area (Å²) in [6.45, 7) is 10.1. The van der Waals surface area contributed by atoms with Gasteiger partial charge in [-0.25, -0.2) is 4.79 Å². The van der Waals surface area contributed by atoms with Crippen LogP contribution < -0.4 is 10.6 Å². The second kappa shape index (κ2) is 6.02. The molecular weight excluding hydrogens is 256 g/mol. The molecule has 0 saturated heterocycles. The Morgan fingerprint density at radius 1 is 1.35 bits per heavy atom. The first-order chi connectivity index (χ1) is 9.02. The molecule has 5 heteroatoms. The van der Waals surface area contributed by atoms with Gasteiger partial charge in [0.25, 0.3) is 0 Å². The standard InChI is InChI=1S/C15H28N2O3/c1-14(2,3)11(9-12(18)19)17-13(20)16-10-7-6-8-15(10,4)5/h10-11H,6-9H2,1-5H3,(H,18,19)(H2,16,17,20). The Balaban J connectivity index is 2.60. The molecule has 2 atom stereocenters. The molecule has 0 aromatic carbocycles. The molecule has 0 bridgehead atoms. The van der Waals surface area contributed by atoms with E-state index in [2.05, 4.69) is 24.5 Å². The van der Waals surface area contributed by atoms with Crippen molar-refractivity contribution in [3.05, 3.63) is 0 Å². The number of hydrogen-bond donors (Lipinski definition) is 3. The first-order valence-corrected chi connectivity index (χ1v) is 7.31. The summed E-state index contributed by atoms with van der Waals surface area (Å²) in [7, 11) is 0. The third-order valence-electron chi connectivity index (χ3n) is 4.29. The van der Waals surface area contributed by atoms with Crippen LogP contribution in [0.1, 0.15) is 60.3 Å². The fraction of sp³-hybridized carbons (Fsp3) is 0.867. The van der Waals surface area contributed by atoms with Crippen molar-refractivity contribution in [2.45, 2.75) is 72.4 Å². The van der Waals surface area contributed by atoms with Gasteiger partial charge in [0.2, 0.25) is 0 Å². The summed E-state index contributed by atoms with van der Waals surface area (Å²) in [5.41, 5.74) is -0.178. The van der Waals surface area contributed by atoms with Crippen LogP contribution in [0.5, 0.6) is 0 Å². The Labute approximate surface area is 121 Å². The summed E-state index contributed by atoms with van der Waals surface area (Å²) in [4.78, 5) is 23.0. The lowest BCUT2D eigenvalue weighted by Crippen LogP contribution is -2.53. The topological polar surface area (TPSA) is 78.4 Å². The normalized spacial score (nSPS) is 23.1. The van der Waals surface area contributed by atoms with Gasteiger partial charge >= 0.3 is 12.0 Å². The van der Waals surface area contributed by atoms with Crippen molar-refractivity contribution >= 4 is 12.0 Å². The highest BCUT2D eigenvalue weighted by molar-refractivity contribution is 5.76. The zero-order chi connectivity index (χ0) is 15.6. The molecule has 3 N–H and O–H groups in total. The molecular formula is C15H28N2O3. The van der Waals surface area contributed by atoms with E-state index in [1.807, 2.05) is 20.8 Å². The lowest BCUT2D eigenvalue weighted by molar-refractivity contribution is -0.138. The number of carboxylic acid groups (broad SMARTS) is 1. The molecule has 1 aliphatic carbocycles. The Morgan fingerprint density at radius 2 is 1.95 bits per heavy atom. The Hall–Kier alpha value is -1.26. The van der Waals surface area contributed by atoms with Crippen molar-refractivity contribution in [1.82, 2.24) is 10.6 Å². The smallest absolute Gasteiger partial charge is 0.315 e. The summed E-state index contributed by atoms with van der Waals surface area (Å²) in [6, 6.07) is -0.483. The molecule has 1 rings (SSSR count). The van der Waals surface area contributed by atoms with Gasteiger partial charge in [-0.05, 0) is 23.7 Å². The molecule has 5 nitrogen and oxygen atoms in total. The number of aliphatic carboxylic acids is 1. The Morgan fingerprint density at radius 3 is 2.35 bits per heavy atom. The first kappa shape index (κ1) is 16.8. The van der Waals surface area contributed by atoms with Crippen molar-refractivity contribution in [3.63, 3.8) is 0 Å². The number of rotatable bonds is 4. The predicted molar refractivity (Wildman–Crippen MR) is 78.6 cm³/mol. The van der Waals surface area contributed by atoms with Crippen LogP contribution >= 0.6 is 0 Å². The largest absolute Gasteiger partial charge is 0.481 e. The van der Waals surface area contributed by atoms with Crippen molar-refractivity contribution in [1.29, 1.82) is 0 Å². The minimum atomic E-state index is -0.897. The maximum Gasteiger partial charge on any atom is 0.315 e. The lowest BCUT2D eigenvalue weighted by Gasteiger charge is -2.33. The van der Waals surface area contributed by atoms with Crippen molar-refractivity contribution in [2.75, 3.05) is 0 Å². The molecule has 0 radical (unpaired) electrons. The van der Waals surface area contributed by atoms with Crippen LogP contribution in [0.3, 0.4) is 0 Å². The number of urea groups is 1. The zero-order valence-corrected chi connectivity index (χ0v) is 13.2. The third-order valence-corrected chi connectivity index (χ3v) is 4.29. The van der Waals surface area contributed by atoms with Gasteiger partial charge < -0.3 is 15.7 Å². The van der Waals surface area contributed by atoms with Gasteiger partial charge in [-0.15, -0.1) is 0 Å². The van der Waals surface area contributed by atoms with Crippen LogP contribution in [-0.2, 0) is 4.79 Å². The van der Waals surface area contributed by atoms with E-state index < -0.39 is 5.97 Å². The van der Waals surface area contributed by atoms with E-state index in [1.165, 1.54) is 0 Å². The third kappa shape index (κ3) is 4.69. The molecule has 1 fully saturated rings. The quantitative estimate of drug-likeness (QED) is 0.742. The molecule has 0 aromatic heterocycles. The molecule has 1 aliphatic rings. The minimum Gasteiger partial charge on any atom is -0.481 e. The zero-order valence-electron chi connectivity index (χ0n) is 13.2. The van der Waals surface area contributed by atoms with E-state index in [0.29, 0.717) is 0 Å². The molecule has 0 spiro atoms. The number of carbonyl (C=O) groups excluding carboxylic acids is 1. The van der Waals surface area contributed by atoms with E-state index in [0.717, 1.165) is 19.3 Å². The maximum absolute atomic E-state index is 12.1.